The van der Waals surface area contributed by atoms with Crippen molar-refractivity contribution in [2.24, 2.45) is 0 Å². The molecule has 0 saturated carbocycles. The highest BCUT2D eigenvalue weighted by atomic mass is 16.3. The second-order valence-electron chi connectivity index (χ2n) is 5.28. The van der Waals surface area contributed by atoms with Gasteiger partial charge in [0, 0.05) is 11.9 Å². The summed E-state index contributed by atoms with van der Waals surface area (Å²) in [5.74, 6) is 0. The Hall–Kier alpha value is -1.93. The number of pyridine rings is 1. The number of allylic oxidation sites excluding steroid dienone is 2. The summed E-state index contributed by atoms with van der Waals surface area (Å²) < 4.78 is 0. The fourth-order valence-corrected chi connectivity index (χ4v) is 3.34. The van der Waals surface area contributed by atoms with Crippen LogP contribution in [-0.2, 0) is 19.4 Å². The number of aliphatic hydroxyl groups excluding tert-OH is 1. The molecule has 0 aliphatic heterocycles. The van der Waals surface area contributed by atoms with Crippen LogP contribution < -0.4 is 0 Å². The number of aryl methyl sites for hydroxylation is 1. The molecule has 0 atom stereocenters. The van der Waals surface area contributed by atoms with Gasteiger partial charge in [0.15, 0.2) is 0 Å². The summed E-state index contributed by atoms with van der Waals surface area (Å²) in [6, 6.07) is 10.6. The first kappa shape index (κ1) is 10.9. The van der Waals surface area contributed by atoms with Crippen LogP contribution in [0, 0.1) is 0 Å². The fraction of sp³-hybridized carbons (Fsp3) is 0.235. The molecule has 0 unspecified atom stereocenters. The average Bonchev–Trinajstić information content (AvgIpc) is 2.85. The van der Waals surface area contributed by atoms with Gasteiger partial charge in [-0.1, -0.05) is 24.3 Å². The predicted molar refractivity (Wildman–Crippen MR) is 75.4 cm³/mol. The standard InChI is InChI=1S/C17H15NO/c19-10-11-3-4-13-12(8-11)9-16-14(13)5-6-17-15(16)2-1-7-18-17/h1-4,7-8,19H,5-6,9-10H2. The van der Waals surface area contributed by atoms with Crippen LogP contribution >= 0.6 is 0 Å². The molecule has 0 saturated heterocycles. The monoisotopic (exact) mass is 249 g/mol. The topological polar surface area (TPSA) is 33.1 Å². The van der Waals surface area contributed by atoms with Crippen LogP contribution in [0.15, 0.2) is 36.5 Å². The highest BCUT2D eigenvalue weighted by molar-refractivity contribution is 5.98. The van der Waals surface area contributed by atoms with Crippen molar-refractivity contribution in [1.82, 2.24) is 4.98 Å². The molecule has 1 heterocycles. The van der Waals surface area contributed by atoms with Crippen LogP contribution in [0.5, 0.6) is 0 Å². The maximum absolute atomic E-state index is 9.26. The van der Waals surface area contributed by atoms with Crippen molar-refractivity contribution in [3.8, 4) is 0 Å². The first-order valence-corrected chi connectivity index (χ1v) is 6.76. The Morgan fingerprint density at radius 3 is 2.89 bits per heavy atom. The lowest BCUT2D eigenvalue weighted by Gasteiger charge is -2.17. The van der Waals surface area contributed by atoms with E-state index in [0.717, 1.165) is 24.8 Å². The van der Waals surface area contributed by atoms with Gasteiger partial charge in [-0.05, 0) is 58.7 Å². The molecule has 2 aliphatic carbocycles. The van der Waals surface area contributed by atoms with Crippen LogP contribution in [0.25, 0.3) is 11.1 Å². The largest absolute Gasteiger partial charge is 0.392 e. The summed E-state index contributed by atoms with van der Waals surface area (Å²) in [5.41, 5.74) is 9.22. The SMILES string of the molecule is OCc1ccc2c(c1)CC1=C2CCc2ncccc21. The van der Waals surface area contributed by atoms with E-state index in [2.05, 4.69) is 23.2 Å². The van der Waals surface area contributed by atoms with Gasteiger partial charge in [-0.25, -0.2) is 0 Å². The molecule has 0 radical (unpaired) electrons. The number of rotatable bonds is 1. The zero-order chi connectivity index (χ0) is 12.8. The van der Waals surface area contributed by atoms with Gasteiger partial charge in [-0.3, -0.25) is 4.98 Å². The third-order valence-corrected chi connectivity index (χ3v) is 4.24. The molecule has 94 valence electrons. The number of aliphatic hydroxyl groups is 1. The molecule has 2 heteroatoms. The molecule has 0 amide bonds. The molecule has 2 aliphatic rings. The van der Waals surface area contributed by atoms with Crippen molar-refractivity contribution in [3.63, 3.8) is 0 Å². The Kier molecular flexibility index (Phi) is 2.32. The first-order chi connectivity index (χ1) is 9.36. The van der Waals surface area contributed by atoms with Gasteiger partial charge < -0.3 is 5.11 Å². The molecular formula is C17H15NO. The van der Waals surface area contributed by atoms with Gasteiger partial charge >= 0.3 is 0 Å². The van der Waals surface area contributed by atoms with Crippen LogP contribution in [0.1, 0.15) is 34.4 Å². The Labute approximate surface area is 112 Å². The van der Waals surface area contributed by atoms with E-state index in [9.17, 15) is 5.11 Å². The molecule has 1 N–H and O–H groups in total. The molecule has 0 spiro atoms. The van der Waals surface area contributed by atoms with Crippen molar-refractivity contribution >= 4 is 11.1 Å². The van der Waals surface area contributed by atoms with E-state index in [4.69, 9.17) is 0 Å². The first-order valence-electron chi connectivity index (χ1n) is 6.76. The minimum absolute atomic E-state index is 0.121. The van der Waals surface area contributed by atoms with E-state index in [1.807, 2.05) is 18.3 Å². The van der Waals surface area contributed by atoms with Gasteiger partial charge in [0.05, 0.1) is 6.61 Å². The van der Waals surface area contributed by atoms with E-state index in [1.54, 1.807) is 0 Å². The maximum atomic E-state index is 9.26. The molecule has 1 aromatic carbocycles. The third-order valence-electron chi connectivity index (χ3n) is 4.24. The minimum atomic E-state index is 0.121. The highest BCUT2D eigenvalue weighted by Crippen LogP contribution is 2.44. The van der Waals surface area contributed by atoms with Gasteiger partial charge in [-0.15, -0.1) is 0 Å². The molecular weight excluding hydrogens is 234 g/mol. The summed E-state index contributed by atoms with van der Waals surface area (Å²) >= 11 is 0. The molecule has 2 nitrogen and oxygen atoms in total. The van der Waals surface area contributed by atoms with Gasteiger partial charge in [-0.2, -0.15) is 0 Å². The second kappa shape index (κ2) is 4.04. The Bertz CT molecular complexity index is 700. The van der Waals surface area contributed by atoms with Crippen molar-refractivity contribution in [1.29, 1.82) is 0 Å². The predicted octanol–water partition coefficient (Wildman–Crippen LogP) is 2.99. The molecule has 2 aromatic rings. The maximum Gasteiger partial charge on any atom is 0.0681 e. The lowest BCUT2D eigenvalue weighted by molar-refractivity contribution is 0.282. The number of benzene rings is 1. The number of nitrogens with zero attached hydrogens (tertiary/aromatic N) is 1. The van der Waals surface area contributed by atoms with Crippen LogP contribution in [0.2, 0.25) is 0 Å². The summed E-state index contributed by atoms with van der Waals surface area (Å²) in [7, 11) is 0. The Morgan fingerprint density at radius 2 is 2.00 bits per heavy atom. The van der Waals surface area contributed by atoms with E-state index in [0.29, 0.717) is 0 Å². The normalized spacial score (nSPS) is 16.1. The van der Waals surface area contributed by atoms with Crippen molar-refractivity contribution in [2.45, 2.75) is 25.9 Å². The van der Waals surface area contributed by atoms with E-state index in [1.165, 1.54) is 33.5 Å². The number of aromatic nitrogens is 1. The smallest absolute Gasteiger partial charge is 0.0681 e. The third kappa shape index (κ3) is 1.57. The Morgan fingerprint density at radius 1 is 1.05 bits per heavy atom. The number of hydrogen-bond donors (Lipinski definition) is 1. The van der Waals surface area contributed by atoms with Gasteiger partial charge in [0.2, 0.25) is 0 Å². The van der Waals surface area contributed by atoms with Crippen LogP contribution in [-0.4, -0.2) is 10.1 Å². The van der Waals surface area contributed by atoms with Gasteiger partial charge in [0.1, 0.15) is 0 Å². The van der Waals surface area contributed by atoms with E-state index >= 15 is 0 Å². The summed E-state index contributed by atoms with van der Waals surface area (Å²) in [6.45, 7) is 0.121. The second-order valence-corrected chi connectivity index (χ2v) is 5.28. The van der Waals surface area contributed by atoms with Crippen molar-refractivity contribution in [3.05, 3.63) is 64.5 Å². The fourth-order valence-electron chi connectivity index (χ4n) is 3.34. The van der Waals surface area contributed by atoms with E-state index in [-0.39, 0.29) is 6.61 Å². The zero-order valence-corrected chi connectivity index (χ0v) is 10.7. The Balaban J connectivity index is 1.86. The summed E-state index contributed by atoms with van der Waals surface area (Å²) in [5, 5.41) is 9.26. The van der Waals surface area contributed by atoms with Crippen molar-refractivity contribution in [2.75, 3.05) is 0 Å². The number of hydrogen-bond acceptors (Lipinski definition) is 2. The average molecular weight is 249 g/mol. The highest BCUT2D eigenvalue weighted by Gasteiger charge is 2.27. The van der Waals surface area contributed by atoms with Crippen LogP contribution in [0.3, 0.4) is 0 Å². The lowest BCUT2D eigenvalue weighted by atomic mass is 9.89. The number of fused-ring (bicyclic) bond motifs is 4. The minimum Gasteiger partial charge on any atom is -0.392 e. The van der Waals surface area contributed by atoms with Gasteiger partial charge in [0.25, 0.3) is 0 Å². The van der Waals surface area contributed by atoms with E-state index < -0.39 is 0 Å². The molecule has 19 heavy (non-hydrogen) atoms. The molecule has 4 rings (SSSR count). The van der Waals surface area contributed by atoms with Crippen molar-refractivity contribution < 1.29 is 5.11 Å². The lowest BCUT2D eigenvalue weighted by Crippen LogP contribution is -2.03. The zero-order valence-electron chi connectivity index (χ0n) is 10.7. The quantitative estimate of drug-likeness (QED) is 0.842. The summed E-state index contributed by atoms with van der Waals surface area (Å²) in [6.07, 6.45) is 4.99. The molecule has 0 fully saturated rings. The molecule has 1 aromatic heterocycles. The molecule has 0 bridgehead atoms. The summed E-state index contributed by atoms with van der Waals surface area (Å²) in [4.78, 5) is 4.50. The van der Waals surface area contributed by atoms with Crippen LogP contribution in [0.4, 0.5) is 0 Å².